The number of fused-ring (bicyclic) bond motifs is 1. The number of aryl methyl sites for hydroxylation is 1. The van der Waals surface area contributed by atoms with Gasteiger partial charge in [-0.2, -0.15) is 5.10 Å². The maximum Gasteiger partial charge on any atom is 0.256 e. The summed E-state index contributed by atoms with van der Waals surface area (Å²) in [6.45, 7) is 11.7. The van der Waals surface area contributed by atoms with Crippen molar-refractivity contribution >= 4 is 38.3 Å². The molecule has 0 saturated heterocycles. The quantitative estimate of drug-likeness (QED) is 0.487. The van der Waals surface area contributed by atoms with Crippen molar-refractivity contribution in [3.05, 3.63) is 46.8 Å². The number of amides is 1. The molecule has 8 nitrogen and oxygen atoms in total. The second-order valence-corrected chi connectivity index (χ2v) is 11.9. The molecule has 1 saturated carbocycles. The molecule has 2 N–H and O–H groups in total. The zero-order chi connectivity index (χ0) is 24.8. The summed E-state index contributed by atoms with van der Waals surface area (Å²) in [6.07, 6.45) is 2.66. The highest BCUT2D eigenvalue weighted by molar-refractivity contribution is 7.92. The normalized spacial score (nSPS) is 14.4. The number of sulfonamides is 1. The van der Waals surface area contributed by atoms with E-state index in [0.29, 0.717) is 34.8 Å². The number of carbonyl (C=O) groups is 1. The Morgan fingerprint density at radius 2 is 1.85 bits per heavy atom. The van der Waals surface area contributed by atoms with Crippen LogP contribution in [-0.4, -0.2) is 34.8 Å². The Labute approximate surface area is 201 Å². The number of nitrogens with one attached hydrogen (secondary N) is 2. The van der Waals surface area contributed by atoms with E-state index in [9.17, 15) is 13.2 Å². The number of hydrogen-bond donors (Lipinski definition) is 2. The van der Waals surface area contributed by atoms with E-state index in [1.807, 2.05) is 24.6 Å². The first-order chi connectivity index (χ1) is 15.9. The van der Waals surface area contributed by atoms with Crippen molar-refractivity contribution in [2.45, 2.75) is 72.3 Å². The molecule has 1 aromatic carbocycles. The first-order valence-electron chi connectivity index (χ1n) is 11.7. The molecular weight excluding hydrogens is 450 g/mol. The van der Waals surface area contributed by atoms with Crippen molar-refractivity contribution in [1.29, 1.82) is 0 Å². The minimum Gasteiger partial charge on any atom is -0.322 e. The minimum absolute atomic E-state index is 0.0407. The molecule has 0 bridgehead atoms. The fraction of sp³-hybridized carbons (Fsp3) is 0.480. The molecule has 1 aliphatic rings. The van der Waals surface area contributed by atoms with Crippen molar-refractivity contribution in [2.24, 2.45) is 0 Å². The number of rotatable bonds is 7. The second kappa shape index (κ2) is 8.69. The van der Waals surface area contributed by atoms with Crippen LogP contribution >= 0.6 is 0 Å². The van der Waals surface area contributed by atoms with Gasteiger partial charge in [0.25, 0.3) is 5.91 Å². The first kappa shape index (κ1) is 24.2. The van der Waals surface area contributed by atoms with E-state index in [-0.39, 0.29) is 17.2 Å². The Morgan fingerprint density at radius 1 is 1.18 bits per heavy atom. The van der Waals surface area contributed by atoms with E-state index in [2.05, 4.69) is 30.8 Å². The molecule has 2 aromatic heterocycles. The molecule has 1 fully saturated rings. The molecule has 2 heterocycles. The minimum atomic E-state index is -3.44. The molecule has 0 aliphatic heterocycles. The summed E-state index contributed by atoms with van der Waals surface area (Å²) in [5, 5.41) is 8.46. The number of aromatic nitrogens is 3. The van der Waals surface area contributed by atoms with E-state index in [0.717, 1.165) is 35.3 Å². The number of pyridine rings is 1. The van der Waals surface area contributed by atoms with Crippen molar-refractivity contribution in [2.75, 3.05) is 15.8 Å². The first-order valence-corrected chi connectivity index (χ1v) is 13.4. The van der Waals surface area contributed by atoms with Gasteiger partial charge in [-0.15, -0.1) is 0 Å². The lowest BCUT2D eigenvalue weighted by Gasteiger charge is -2.20. The van der Waals surface area contributed by atoms with Crippen LogP contribution in [0.4, 0.5) is 11.4 Å². The van der Waals surface area contributed by atoms with Crippen LogP contribution in [0.3, 0.4) is 0 Å². The van der Waals surface area contributed by atoms with E-state index < -0.39 is 10.0 Å². The summed E-state index contributed by atoms with van der Waals surface area (Å²) < 4.78 is 29.1. The average Bonchev–Trinajstić information content (AvgIpc) is 3.53. The molecule has 0 atom stereocenters. The largest absolute Gasteiger partial charge is 0.322 e. The van der Waals surface area contributed by atoms with Gasteiger partial charge in [0.05, 0.1) is 33.6 Å². The summed E-state index contributed by atoms with van der Waals surface area (Å²) in [6, 6.07) is 7.09. The predicted molar refractivity (Wildman–Crippen MR) is 136 cm³/mol. The second-order valence-electron chi connectivity index (χ2n) is 10.1. The fourth-order valence-corrected chi connectivity index (χ4v) is 5.30. The van der Waals surface area contributed by atoms with E-state index >= 15 is 0 Å². The third-order valence-electron chi connectivity index (χ3n) is 6.03. The van der Waals surface area contributed by atoms with Gasteiger partial charge in [-0.25, -0.2) is 18.1 Å². The van der Waals surface area contributed by atoms with Crippen molar-refractivity contribution in [1.82, 2.24) is 14.8 Å². The van der Waals surface area contributed by atoms with Gasteiger partial charge in [0.15, 0.2) is 5.65 Å². The molecule has 0 spiro atoms. The number of carbonyl (C=O) groups excluding carboxylic acids is 1. The average molecular weight is 484 g/mol. The zero-order valence-corrected chi connectivity index (χ0v) is 21.5. The van der Waals surface area contributed by atoms with Crippen molar-refractivity contribution in [3.8, 4) is 0 Å². The van der Waals surface area contributed by atoms with Crippen LogP contribution in [0.2, 0.25) is 0 Å². The van der Waals surface area contributed by atoms with Gasteiger partial charge in [0.1, 0.15) is 0 Å². The van der Waals surface area contributed by atoms with Gasteiger partial charge in [-0.1, -0.05) is 13.0 Å². The number of anilines is 2. The fourth-order valence-electron chi connectivity index (χ4n) is 4.10. The molecule has 4 rings (SSSR count). The molecule has 9 heteroatoms. The molecule has 1 aliphatic carbocycles. The lowest BCUT2D eigenvalue weighted by molar-refractivity contribution is 0.102. The molecule has 0 radical (unpaired) electrons. The van der Waals surface area contributed by atoms with Gasteiger partial charge in [-0.05, 0) is 77.6 Å². The highest BCUT2D eigenvalue weighted by atomic mass is 32.2. The summed E-state index contributed by atoms with van der Waals surface area (Å²) in [4.78, 5) is 18.5. The highest BCUT2D eigenvalue weighted by Crippen LogP contribution is 2.41. The lowest BCUT2D eigenvalue weighted by atomic mass is 10.1. The molecule has 1 amide bonds. The van der Waals surface area contributed by atoms with E-state index in [4.69, 9.17) is 10.1 Å². The maximum atomic E-state index is 13.6. The third-order valence-corrected chi connectivity index (χ3v) is 7.51. The molecule has 0 unspecified atom stereocenters. The zero-order valence-electron chi connectivity index (χ0n) is 20.7. The van der Waals surface area contributed by atoms with Crippen molar-refractivity contribution in [3.63, 3.8) is 0 Å². The summed E-state index contributed by atoms with van der Waals surface area (Å²) in [5.74, 6) is 0.152. The highest BCUT2D eigenvalue weighted by Gasteiger charge is 2.30. The van der Waals surface area contributed by atoms with Gasteiger partial charge >= 0.3 is 0 Å². The molecular formula is C25H33N5O3S. The number of hydrogen-bond acceptors (Lipinski definition) is 5. The SMILES string of the molecule is CCCS(=O)(=O)Nc1cccc(NC(=O)c2cc(C3CC3)nc3c2c(C)nn3C(C)(C)C)c1C. The van der Waals surface area contributed by atoms with Crippen LogP contribution in [0.5, 0.6) is 0 Å². The summed E-state index contributed by atoms with van der Waals surface area (Å²) >= 11 is 0. The summed E-state index contributed by atoms with van der Waals surface area (Å²) in [7, 11) is -3.44. The molecule has 3 aromatic rings. The number of benzene rings is 1. The van der Waals surface area contributed by atoms with Gasteiger partial charge in [0.2, 0.25) is 10.0 Å². The Bertz CT molecular complexity index is 1370. The van der Waals surface area contributed by atoms with Crippen LogP contribution in [0.25, 0.3) is 11.0 Å². The standard InChI is InChI=1S/C25H33N5O3S/c1-7-13-34(32,33)29-20-10-8-9-19(15(20)2)27-24(31)18-14-21(17-11-12-17)26-23-22(18)16(3)28-30(23)25(4,5)6/h8-10,14,17,29H,7,11-13H2,1-6H3,(H,27,31). The third kappa shape index (κ3) is 4.80. The Balaban J connectivity index is 1.75. The van der Waals surface area contributed by atoms with E-state index in [1.54, 1.807) is 25.1 Å². The Hall–Kier alpha value is -2.94. The van der Waals surface area contributed by atoms with Gasteiger partial charge < -0.3 is 5.32 Å². The van der Waals surface area contributed by atoms with Gasteiger partial charge in [-0.3, -0.25) is 9.52 Å². The topological polar surface area (TPSA) is 106 Å². The number of nitrogens with zero attached hydrogens (tertiary/aromatic N) is 3. The summed E-state index contributed by atoms with van der Waals surface area (Å²) in [5.41, 5.74) is 4.32. The van der Waals surface area contributed by atoms with Crippen LogP contribution < -0.4 is 10.0 Å². The Kier molecular flexibility index (Phi) is 6.18. The van der Waals surface area contributed by atoms with Crippen molar-refractivity contribution < 1.29 is 13.2 Å². The van der Waals surface area contributed by atoms with E-state index in [1.165, 1.54) is 0 Å². The maximum absolute atomic E-state index is 13.6. The predicted octanol–water partition coefficient (Wildman–Crippen LogP) is 5.08. The lowest BCUT2D eigenvalue weighted by Crippen LogP contribution is -2.24. The van der Waals surface area contributed by atoms with Gasteiger partial charge in [0, 0.05) is 17.3 Å². The molecule has 182 valence electrons. The molecule has 34 heavy (non-hydrogen) atoms. The smallest absolute Gasteiger partial charge is 0.256 e. The van der Waals surface area contributed by atoms with Crippen LogP contribution in [0.15, 0.2) is 24.3 Å². The monoisotopic (exact) mass is 483 g/mol. The van der Waals surface area contributed by atoms with Crippen LogP contribution in [-0.2, 0) is 15.6 Å². The van der Waals surface area contributed by atoms with Crippen LogP contribution in [0, 0.1) is 13.8 Å². The Morgan fingerprint density at radius 3 is 2.47 bits per heavy atom. The van der Waals surface area contributed by atoms with Crippen LogP contribution in [0.1, 0.15) is 80.2 Å².